The molecule has 110 valence electrons. The van der Waals surface area contributed by atoms with Crippen LogP contribution < -0.4 is 0 Å². The number of sulfonamides is 1. The number of hydrogen-bond acceptors (Lipinski definition) is 5. The van der Waals surface area contributed by atoms with E-state index in [1.165, 1.54) is 0 Å². The van der Waals surface area contributed by atoms with Gasteiger partial charge in [-0.15, -0.1) is 0 Å². The summed E-state index contributed by atoms with van der Waals surface area (Å²) in [5, 5.41) is 19.8. The van der Waals surface area contributed by atoms with Gasteiger partial charge in [-0.2, -0.15) is 4.31 Å². The van der Waals surface area contributed by atoms with E-state index < -0.39 is 31.3 Å². The fourth-order valence-electron chi connectivity index (χ4n) is 1.94. The Balaban J connectivity index is 2.50. The normalized spacial score (nSPS) is 15.6. The molecule has 0 atom stereocenters. The molecule has 0 radical (unpaired) electrons. The van der Waals surface area contributed by atoms with Crippen LogP contribution in [0, 0.1) is 15.9 Å². The minimum atomic E-state index is -4.13. The average molecular weight is 304 g/mol. The Kier molecular flexibility index (Phi) is 4.02. The first-order chi connectivity index (χ1) is 9.37. The molecular formula is C11H13FN2O5S. The monoisotopic (exact) mass is 304 g/mol. The molecule has 0 saturated heterocycles. The van der Waals surface area contributed by atoms with Gasteiger partial charge in [-0.1, -0.05) is 0 Å². The lowest BCUT2D eigenvalue weighted by molar-refractivity contribution is -0.388. The highest BCUT2D eigenvalue weighted by atomic mass is 32.2. The summed E-state index contributed by atoms with van der Waals surface area (Å²) in [7, 11) is -4.13. The van der Waals surface area contributed by atoms with Crippen LogP contribution in [0.3, 0.4) is 0 Å². The van der Waals surface area contributed by atoms with Gasteiger partial charge in [0.2, 0.25) is 10.0 Å². The van der Waals surface area contributed by atoms with Gasteiger partial charge in [0.15, 0.2) is 4.90 Å². The number of halogens is 1. The molecule has 0 unspecified atom stereocenters. The predicted molar refractivity (Wildman–Crippen MR) is 67.1 cm³/mol. The highest BCUT2D eigenvalue weighted by molar-refractivity contribution is 7.89. The van der Waals surface area contributed by atoms with Gasteiger partial charge in [0.25, 0.3) is 5.69 Å². The molecule has 7 nitrogen and oxygen atoms in total. The lowest BCUT2D eigenvalue weighted by Crippen LogP contribution is -2.35. The number of hydrogen-bond donors (Lipinski definition) is 1. The highest BCUT2D eigenvalue weighted by Crippen LogP contribution is 2.34. The van der Waals surface area contributed by atoms with Crippen molar-refractivity contribution in [3.8, 4) is 0 Å². The number of nitrogens with zero attached hydrogens (tertiary/aromatic N) is 2. The molecule has 20 heavy (non-hydrogen) atoms. The van der Waals surface area contributed by atoms with E-state index in [2.05, 4.69) is 0 Å². The van der Waals surface area contributed by atoms with Gasteiger partial charge in [-0.3, -0.25) is 10.1 Å². The first-order valence-corrected chi connectivity index (χ1v) is 7.38. The largest absolute Gasteiger partial charge is 0.395 e. The summed E-state index contributed by atoms with van der Waals surface area (Å²) in [6, 6.07) is 2.08. The molecule has 0 heterocycles. The van der Waals surface area contributed by atoms with E-state index in [-0.39, 0.29) is 19.2 Å². The van der Waals surface area contributed by atoms with E-state index in [1.54, 1.807) is 0 Å². The number of nitro groups is 1. The molecule has 1 aliphatic rings. The predicted octanol–water partition coefficient (Wildman–Crippen LogP) is 0.879. The first kappa shape index (κ1) is 14.8. The van der Waals surface area contributed by atoms with Crippen LogP contribution in [0.25, 0.3) is 0 Å². The van der Waals surface area contributed by atoms with Gasteiger partial charge in [-0.05, 0) is 25.0 Å². The third-order valence-corrected chi connectivity index (χ3v) is 4.98. The van der Waals surface area contributed by atoms with Gasteiger partial charge in [0.1, 0.15) is 5.82 Å². The van der Waals surface area contributed by atoms with Crippen LogP contribution in [0.5, 0.6) is 0 Å². The summed E-state index contributed by atoms with van der Waals surface area (Å²) < 4.78 is 39.0. The fourth-order valence-corrected chi connectivity index (χ4v) is 3.75. The highest BCUT2D eigenvalue weighted by Gasteiger charge is 2.40. The summed E-state index contributed by atoms with van der Waals surface area (Å²) >= 11 is 0. The SMILES string of the molecule is O=[N+]([O-])c1cc(F)ccc1S(=O)(=O)N(CCO)C1CC1. The van der Waals surface area contributed by atoms with Crippen molar-refractivity contribution in [2.45, 2.75) is 23.8 Å². The fraction of sp³-hybridized carbons (Fsp3) is 0.455. The maximum Gasteiger partial charge on any atom is 0.292 e. The van der Waals surface area contributed by atoms with E-state index in [0.29, 0.717) is 18.9 Å². The van der Waals surface area contributed by atoms with Crippen molar-refractivity contribution in [2.75, 3.05) is 13.2 Å². The summed E-state index contributed by atoms with van der Waals surface area (Å²) in [4.78, 5) is 9.41. The van der Waals surface area contributed by atoms with Crippen LogP contribution in [-0.4, -0.2) is 41.9 Å². The van der Waals surface area contributed by atoms with Crippen molar-refractivity contribution in [1.82, 2.24) is 4.31 Å². The van der Waals surface area contributed by atoms with E-state index >= 15 is 0 Å². The Bertz CT molecular complexity index is 630. The van der Waals surface area contributed by atoms with Gasteiger partial charge < -0.3 is 5.11 Å². The quantitative estimate of drug-likeness (QED) is 0.621. The molecule has 2 rings (SSSR count). The van der Waals surface area contributed by atoms with Crippen LogP contribution >= 0.6 is 0 Å². The van der Waals surface area contributed by atoms with Gasteiger partial charge in [0.05, 0.1) is 17.6 Å². The Hall–Kier alpha value is -1.58. The minimum absolute atomic E-state index is 0.137. The molecule has 0 aliphatic heterocycles. The molecule has 1 aromatic carbocycles. The van der Waals surface area contributed by atoms with Crippen LogP contribution in [0.2, 0.25) is 0 Å². The zero-order valence-corrected chi connectivity index (χ0v) is 11.2. The van der Waals surface area contributed by atoms with Crippen molar-refractivity contribution in [2.24, 2.45) is 0 Å². The van der Waals surface area contributed by atoms with Crippen LogP contribution in [0.1, 0.15) is 12.8 Å². The van der Waals surface area contributed by atoms with Crippen LogP contribution in [0.15, 0.2) is 23.1 Å². The molecule has 0 amide bonds. The number of aliphatic hydroxyl groups excluding tert-OH is 1. The number of nitro benzene ring substituents is 1. The van der Waals surface area contributed by atoms with Crippen molar-refractivity contribution in [3.63, 3.8) is 0 Å². The van der Waals surface area contributed by atoms with Gasteiger partial charge in [-0.25, -0.2) is 12.8 Å². The molecule has 1 saturated carbocycles. The molecule has 1 N–H and O–H groups in total. The molecule has 0 bridgehead atoms. The Morgan fingerprint density at radius 1 is 1.45 bits per heavy atom. The first-order valence-electron chi connectivity index (χ1n) is 5.94. The maximum absolute atomic E-state index is 13.1. The lowest BCUT2D eigenvalue weighted by atomic mass is 10.3. The maximum atomic E-state index is 13.1. The second-order valence-corrected chi connectivity index (χ2v) is 6.30. The lowest BCUT2D eigenvalue weighted by Gasteiger charge is -2.20. The average Bonchev–Trinajstić information content (AvgIpc) is 3.19. The van der Waals surface area contributed by atoms with Gasteiger partial charge >= 0.3 is 0 Å². The Labute approximate surface area is 114 Å². The van der Waals surface area contributed by atoms with E-state index in [0.717, 1.165) is 16.4 Å². The number of aliphatic hydroxyl groups is 1. The molecule has 1 fully saturated rings. The van der Waals surface area contributed by atoms with E-state index in [1.807, 2.05) is 0 Å². The summed E-state index contributed by atoms with van der Waals surface area (Å²) in [6.07, 6.45) is 1.29. The minimum Gasteiger partial charge on any atom is -0.395 e. The summed E-state index contributed by atoms with van der Waals surface area (Å²) in [5.74, 6) is -0.879. The summed E-state index contributed by atoms with van der Waals surface area (Å²) in [6.45, 7) is -0.522. The smallest absolute Gasteiger partial charge is 0.292 e. The number of benzene rings is 1. The van der Waals surface area contributed by atoms with Crippen LogP contribution in [-0.2, 0) is 10.0 Å². The van der Waals surface area contributed by atoms with E-state index in [4.69, 9.17) is 5.11 Å². The third kappa shape index (κ3) is 2.79. The molecule has 9 heteroatoms. The zero-order chi connectivity index (χ0) is 14.9. The molecule has 0 aromatic heterocycles. The molecule has 1 aliphatic carbocycles. The second-order valence-electron chi connectivity index (χ2n) is 4.44. The molecular weight excluding hydrogens is 291 g/mol. The van der Waals surface area contributed by atoms with Crippen LogP contribution in [0.4, 0.5) is 10.1 Å². The van der Waals surface area contributed by atoms with Crippen molar-refractivity contribution < 1.29 is 22.8 Å². The standard InChI is InChI=1S/C11H13FN2O5S/c12-8-1-4-11(10(7-8)14(16)17)20(18,19)13(5-6-15)9-2-3-9/h1,4,7,9,15H,2-3,5-6H2. The molecule has 0 spiro atoms. The van der Waals surface area contributed by atoms with Crippen molar-refractivity contribution in [1.29, 1.82) is 0 Å². The number of rotatable bonds is 6. The topological polar surface area (TPSA) is 101 Å². The van der Waals surface area contributed by atoms with E-state index in [9.17, 15) is 22.9 Å². The molecule has 1 aromatic rings. The summed E-state index contributed by atoms with van der Waals surface area (Å²) in [5.41, 5.74) is -0.798. The van der Waals surface area contributed by atoms with Crippen molar-refractivity contribution >= 4 is 15.7 Å². The second kappa shape index (κ2) is 5.43. The zero-order valence-electron chi connectivity index (χ0n) is 10.4. The third-order valence-electron chi connectivity index (χ3n) is 2.98. The van der Waals surface area contributed by atoms with Gasteiger partial charge in [0, 0.05) is 12.6 Å². The Morgan fingerprint density at radius 2 is 2.10 bits per heavy atom. The Morgan fingerprint density at radius 3 is 2.60 bits per heavy atom. The van der Waals surface area contributed by atoms with Crippen molar-refractivity contribution in [3.05, 3.63) is 34.1 Å².